The Morgan fingerprint density at radius 2 is 1.96 bits per heavy atom. The minimum Gasteiger partial charge on any atom is -0.469 e. The molecule has 0 aromatic heterocycles. The molecule has 2 rings (SSSR count). The number of amides is 1. The highest BCUT2D eigenvalue weighted by atomic mass is 35.5. The number of thioether (sulfide) groups is 1. The van der Waals surface area contributed by atoms with Crippen LogP contribution < -0.4 is 5.32 Å². The molecule has 2 aromatic rings. The van der Waals surface area contributed by atoms with Gasteiger partial charge in [-0.15, -0.1) is 11.8 Å². The second-order valence-electron chi connectivity index (χ2n) is 4.91. The summed E-state index contributed by atoms with van der Waals surface area (Å²) in [5.74, 6) is -0.0225. The lowest BCUT2D eigenvalue weighted by atomic mass is 10.1. The van der Waals surface area contributed by atoms with Crippen molar-refractivity contribution in [3.05, 3.63) is 41.4 Å². The van der Waals surface area contributed by atoms with Gasteiger partial charge in [0.2, 0.25) is 5.91 Å². The Hall–Kier alpha value is -1.72. The van der Waals surface area contributed by atoms with Crippen molar-refractivity contribution < 1.29 is 14.3 Å². The second kappa shape index (κ2) is 8.79. The van der Waals surface area contributed by atoms with Crippen LogP contribution in [0.3, 0.4) is 0 Å². The minimum atomic E-state index is -0.265. The summed E-state index contributed by atoms with van der Waals surface area (Å²) in [7, 11) is 1.35. The lowest BCUT2D eigenvalue weighted by Gasteiger charge is -2.08. The molecule has 4 nitrogen and oxygen atoms in total. The third-order valence-corrected chi connectivity index (χ3v) is 4.65. The van der Waals surface area contributed by atoms with Crippen molar-refractivity contribution in [2.75, 3.05) is 19.4 Å². The fourth-order valence-electron chi connectivity index (χ4n) is 2.14. The van der Waals surface area contributed by atoms with E-state index in [1.165, 1.54) is 18.9 Å². The summed E-state index contributed by atoms with van der Waals surface area (Å²) in [6.45, 7) is 0.463. The number of rotatable bonds is 7. The number of ether oxygens (including phenoxy) is 1. The molecule has 0 bridgehead atoms. The van der Waals surface area contributed by atoms with E-state index >= 15 is 0 Å². The molecule has 2 aromatic carbocycles. The van der Waals surface area contributed by atoms with Gasteiger partial charge in [-0.2, -0.15) is 0 Å². The van der Waals surface area contributed by atoms with Crippen LogP contribution in [0.4, 0.5) is 0 Å². The van der Waals surface area contributed by atoms with Crippen molar-refractivity contribution in [1.82, 2.24) is 5.32 Å². The average Bonchev–Trinajstić information content (AvgIpc) is 2.56. The molecule has 0 saturated heterocycles. The first-order chi connectivity index (χ1) is 11.1. The Morgan fingerprint density at radius 3 is 2.70 bits per heavy atom. The summed E-state index contributed by atoms with van der Waals surface area (Å²) in [4.78, 5) is 23.8. The summed E-state index contributed by atoms with van der Waals surface area (Å²) in [5, 5.41) is 5.51. The van der Waals surface area contributed by atoms with Gasteiger partial charge in [-0.3, -0.25) is 9.59 Å². The summed E-state index contributed by atoms with van der Waals surface area (Å²) in [6, 6.07) is 11.7. The van der Waals surface area contributed by atoms with Crippen molar-refractivity contribution >= 4 is 46.0 Å². The van der Waals surface area contributed by atoms with Gasteiger partial charge in [0.1, 0.15) is 0 Å². The van der Waals surface area contributed by atoms with Crippen molar-refractivity contribution in [2.24, 2.45) is 0 Å². The zero-order valence-corrected chi connectivity index (χ0v) is 14.4. The van der Waals surface area contributed by atoms with Crippen molar-refractivity contribution in [3.8, 4) is 0 Å². The molecule has 0 aliphatic rings. The summed E-state index contributed by atoms with van der Waals surface area (Å²) >= 11 is 7.72. The third-order valence-electron chi connectivity index (χ3n) is 3.28. The number of halogens is 1. The Morgan fingerprint density at radius 1 is 1.22 bits per heavy atom. The van der Waals surface area contributed by atoms with Gasteiger partial charge in [-0.1, -0.05) is 35.9 Å². The zero-order valence-electron chi connectivity index (χ0n) is 12.8. The number of fused-ring (bicyclic) bond motifs is 1. The van der Waals surface area contributed by atoms with Crippen LogP contribution in [-0.4, -0.2) is 31.3 Å². The van der Waals surface area contributed by atoms with Crippen LogP contribution in [0.1, 0.15) is 12.8 Å². The Balaban J connectivity index is 1.86. The van der Waals surface area contributed by atoms with E-state index < -0.39 is 0 Å². The molecule has 1 N–H and O–H groups in total. The first-order valence-electron chi connectivity index (χ1n) is 7.25. The topological polar surface area (TPSA) is 55.4 Å². The molecule has 122 valence electrons. The highest BCUT2D eigenvalue weighted by Gasteiger charge is 2.08. The molecule has 0 aliphatic heterocycles. The first kappa shape index (κ1) is 17.6. The van der Waals surface area contributed by atoms with Crippen molar-refractivity contribution in [3.63, 3.8) is 0 Å². The maximum absolute atomic E-state index is 11.9. The molecule has 0 spiro atoms. The predicted molar refractivity (Wildman–Crippen MR) is 93.9 cm³/mol. The third kappa shape index (κ3) is 5.15. The van der Waals surface area contributed by atoms with Gasteiger partial charge in [0, 0.05) is 28.3 Å². The average molecular weight is 352 g/mol. The van der Waals surface area contributed by atoms with Crippen LogP contribution >= 0.6 is 23.4 Å². The van der Waals surface area contributed by atoms with Gasteiger partial charge in [0.15, 0.2) is 0 Å². The minimum absolute atomic E-state index is 0.0658. The van der Waals surface area contributed by atoms with Crippen LogP contribution in [0, 0.1) is 0 Å². The van der Waals surface area contributed by atoms with E-state index in [-0.39, 0.29) is 11.9 Å². The monoisotopic (exact) mass is 351 g/mol. The quantitative estimate of drug-likeness (QED) is 0.470. The second-order valence-corrected chi connectivity index (χ2v) is 6.34. The smallest absolute Gasteiger partial charge is 0.305 e. The van der Waals surface area contributed by atoms with Crippen molar-refractivity contribution in [1.29, 1.82) is 0 Å². The summed E-state index contributed by atoms with van der Waals surface area (Å²) in [5.41, 5.74) is 0. The molecule has 0 radical (unpaired) electrons. The van der Waals surface area contributed by atoms with E-state index in [4.69, 9.17) is 11.6 Å². The standard InChI is InChI=1S/C17H18ClNO3S/c1-22-16(21)9-4-10-19-15(20)11-23-14-8-3-6-12-5-2-7-13(18)17(12)14/h2-3,5-8H,4,9-11H2,1H3,(H,19,20). The molecule has 23 heavy (non-hydrogen) atoms. The van der Waals surface area contributed by atoms with Gasteiger partial charge in [0.05, 0.1) is 12.9 Å². The molecule has 0 heterocycles. The van der Waals surface area contributed by atoms with E-state index in [9.17, 15) is 9.59 Å². The van der Waals surface area contributed by atoms with E-state index in [0.29, 0.717) is 30.2 Å². The number of methoxy groups -OCH3 is 1. The number of carbonyl (C=O) groups is 2. The van der Waals surface area contributed by atoms with Gasteiger partial charge >= 0.3 is 5.97 Å². The molecular formula is C17H18ClNO3S. The molecule has 0 saturated carbocycles. The lowest BCUT2D eigenvalue weighted by molar-refractivity contribution is -0.140. The highest BCUT2D eigenvalue weighted by molar-refractivity contribution is 8.00. The number of carbonyl (C=O) groups excluding carboxylic acids is 2. The molecule has 6 heteroatoms. The summed E-state index contributed by atoms with van der Waals surface area (Å²) < 4.78 is 4.55. The van der Waals surface area contributed by atoms with E-state index in [0.717, 1.165) is 15.7 Å². The predicted octanol–water partition coefficient (Wildman–Crippen LogP) is 3.65. The zero-order chi connectivity index (χ0) is 16.7. The normalized spacial score (nSPS) is 10.5. The largest absolute Gasteiger partial charge is 0.469 e. The fourth-order valence-corrected chi connectivity index (χ4v) is 3.41. The molecule has 0 fully saturated rings. The maximum atomic E-state index is 11.9. The SMILES string of the molecule is COC(=O)CCCNC(=O)CSc1cccc2cccc(Cl)c12. The number of esters is 1. The van der Waals surface area contributed by atoms with E-state index in [1.54, 1.807) is 0 Å². The molecule has 1 amide bonds. The van der Waals surface area contributed by atoms with Gasteiger partial charge in [-0.05, 0) is 23.9 Å². The van der Waals surface area contributed by atoms with Gasteiger partial charge in [-0.25, -0.2) is 0 Å². The molecule has 0 aliphatic carbocycles. The number of nitrogens with one attached hydrogen (secondary N) is 1. The molecule has 0 atom stereocenters. The van der Waals surface area contributed by atoms with Gasteiger partial charge in [0.25, 0.3) is 0 Å². The number of hydrogen-bond acceptors (Lipinski definition) is 4. The number of benzene rings is 2. The van der Waals surface area contributed by atoms with Crippen molar-refractivity contribution in [2.45, 2.75) is 17.7 Å². The molecule has 0 unspecified atom stereocenters. The van der Waals surface area contributed by atoms with Crippen LogP contribution in [-0.2, 0) is 14.3 Å². The van der Waals surface area contributed by atoms with Gasteiger partial charge < -0.3 is 10.1 Å². The highest BCUT2D eigenvalue weighted by Crippen LogP contribution is 2.32. The Bertz CT molecular complexity index is 700. The lowest BCUT2D eigenvalue weighted by Crippen LogP contribution is -2.26. The van der Waals surface area contributed by atoms with E-state index in [1.807, 2.05) is 36.4 Å². The maximum Gasteiger partial charge on any atom is 0.305 e. The van der Waals surface area contributed by atoms with E-state index in [2.05, 4.69) is 10.1 Å². The van der Waals surface area contributed by atoms with Crippen LogP contribution in [0.15, 0.2) is 41.3 Å². The molecular weight excluding hydrogens is 334 g/mol. The number of hydrogen-bond donors (Lipinski definition) is 1. The Kier molecular flexibility index (Phi) is 6.74. The first-order valence-corrected chi connectivity index (χ1v) is 8.61. The van der Waals surface area contributed by atoms with Crippen LogP contribution in [0.2, 0.25) is 5.02 Å². The Labute approximate surface area is 144 Å². The fraction of sp³-hybridized carbons (Fsp3) is 0.294. The van der Waals surface area contributed by atoms with Crippen LogP contribution in [0.5, 0.6) is 0 Å². The van der Waals surface area contributed by atoms with Crippen LogP contribution in [0.25, 0.3) is 10.8 Å². The summed E-state index contributed by atoms with van der Waals surface area (Å²) in [6.07, 6.45) is 0.881.